The Bertz CT molecular complexity index is 499. The second-order valence-electron chi connectivity index (χ2n) is 7.49. The van der Waals surface area contributed by atoms with Gasteiger partial charge in [-0.15, -0.1) is 0 Å². The van der Waals surface area contributed by atoms with E-state index in [1.165, 1.54) is 6.42 Å². The van der Waals surface area contributed by atoms with E-state index < -0.39 is 5.60 Å². The number of aryl methyl sites for hydroxylation is 2. The molecular weight excluding hydrogens is 328 g/mol. The van der Waals surface area contributed by atoms with Crippen LogP contribution in [0, 0.1) is 18.3 Å². The molecule has 1 fully saturated rings. The predicted octanol–water partition coefficient (Wildman–Crippen LogP) is 4.39. The smallest absolute Gasteiger partial charge is 0.0738 e. The Morgan fingerprint density at radius 2 is 1.95 bits per heavy atom. The largest absolute Gasteiger partial charge is 0.389 e. The van der Waals surface area contributed by atoms with E-state index in [0.29, 0.717) is 11.8 Å². The highest BCUT2D eigenvalue weighted by molar-refractivity contribution is 9.10. The lowest BCUT2D eigenvalue weighted by atomic mass is 9.66. The fourth-order valence-corrected chi connectivity index (χ4v) is 4.06. The van der Waals surface area contributed by atoms with Crippen LogP contribution in [-0.4, -0.2) is 20.5 Å². The molecule has 21 heavy (non-hydrogen) atoms. The van der Waals surface area contributed by atoms with Gasteiger partial charge in [0.05, 0.1) is 21.5 Å². The highest BCUT2D eigenvalue weighted by Crippen LogP contribution is 2.44. The van der Waals surface area contributed by atoms with Crippen molar-refractivity contribution in [2.45, 2.75) is 71.8 Å². The van der Waals surface area contributed by atoms with Gasteiger partial charge in [-0.1, -0.05) is 27.2 Å². The molecule has 0 unspecified atom stereocenters. The first-order chi connectivity index (χ1) is 9.68. The number of aliphatic hydroxyl groups is 1. The van der Waals surface area contributed by atoms with Crippen molar-refractivity contribution in [2.24, 2.45) is 18.4 Å². The van der Waals surface area contributed by atoms with Crippen molar-refractivity contribution in [3.05, 3.63) is 15.9 Å². The summed E-state index contributed by atoms with van der Waals surface area (Å²) in [4.78, 5) is 0. The van der Waals surface area contributed by atoms with E-state index in [0.717, 1.165) is 47.5 Å². The van der Waals surface area contributed by atoms with Gasteiger partial charge in [0.25, 0.3) is 0 Å². The average molecular weight is 357 g/mol. The fourth-order valence-electron chi connectivity index (χ4n) is 3.59. The van der Waals surface area contributed by atoms with Gasteiger partial charge in [-0.3, -0.25) is 4.68 Å². The molecule has 1 aromatic rings. The van der Waals surface area contributed by atoms with Gasteiger partial charge in [0.15, 0.2) is 0 Å². The first-order valence-corrected chi connectivity index (χ1v) is 8.88. The average Bonchev–Trinajstić information content (AvgIpc) is 2.66. The van der Waals surface area contributed by atoms with Crippen molar-refractivity contribution >= 4 is 15.9 Å². The van der Waals surface area contributed by atoms with E-state index in [9.17, 15) is 5.11 Å². The maximum atomic E-state index is 11.0. The summed E-state index contributed by atoms with van der Waals surface area (Å²) in [6.45, 7) is 9.00. The summed E-state index contributed by atoms with van der Waals surface area (Å²) >= 11 is 3.61. The third-order valence-corrected chi connectivity index (χ3v) is 6.72. The minimum absolute atomic E-state index is 0.394. The summed E-state index contributed by atoms with van der Waals surface area (Å²) in [5.41, 5.74) is 1.94. The molecule has 2 rings (SSSR count). The molecule has 0 saturated heterocycles. The summed E-state index contributed by atoms with van der Waals surface area (Å²) in [7, 11) is 1.96. The monoisotopic (exact) mass is 356 g/mol. The van der Waals surface area contributed by atoms with Crippen LogP contribution in [0.2, 0.25) is 0 Å². The Labute approximate surface area is 137 Å². The van der Waals surface area contributed by atoms with E-state index >= 15 is 0 Å². The van der Waals surface area contributed by atoms with Gasteiger partial charge in [0.1, 0.15) is 0 Å². The Balaban J connectivity index is 2.06. The lowest BCUT2D eigenvalue weighted by molar-refractivity contribution is -0.0289. The molecule has 0 bridgehead atoms. The molecule has 1 heterocycles. The first-order valence-electron chi connectivity index (χ1n) is 8.09. The van der Waals surface area contributed by atoms with E-state index in [1.807, 2.05) is 18.7 Å². The second kappa shape index (κ2) is 6.04. The lowest BCUT2D eigenvalue weighted by Gasteiger charge is -2.42. The summed E-state index contributed by atoms with van der Waals surface area (Å²) < 4.78 is 2.95. The van der Waals surface area contributed by atoms with E-state index in [-0.39, 0.29) is 0 Å². The minimum atomic E-state index is -0.566. The maximum Gasteiger partial charge on any atom is 0.0738 e. The molecule has 0 atom stereocenters. The lowest BCUT2D eigenvalue weighted by Crippen LogP contribution is -2.40. The van der Waals surface area contributed by atoms with Gasteiger partial charge in [-0.25, -0.2) is 0 Å². The van der Waals surface area contributed by atoms with Crippen LogP contribution in [-0.2, 0) is 13.5 Å². The summed E-state index contributed by atoms with van der Waals surface area (Å²) in [5.74, 6) is 0.736. The van der Waals surface area contributed by atoms with Crippen LogP contribution in [0.15, 0.2) is 4.47 Å². The van der Waals surface area contributed by atoms with Crippen LogP contribution in [0.5, 0.6) is 0 Å². The molecule has 4 heteroatoms. The zero-order chi connectivity index (χ0) is 15.8. The van der Waals surface area contributed by atoms with Crippen molar-refractivity contribution in [1.29, 1.82) is 0 Å². The normalized spacial score (nSPS) is 27.1. The quantitative estimate of drug-likeness (QED) is 0.868. The Morgan fingerprint density at radius 3 is 2.38 bits per heavy atom. The van der Waals surface area contributed by atoms with Gasteiger partial charge >= 0.3 is 0 Å². The zero-order valence-corrected chi connectivity index (χ0v) is 15.6. The number of rotatable bonds is 4. The third-order valence-electron chi connectivity index (χ3n) is 5.69. The van der Waals surface area contributed by atoms with Crippen molar-refractivity contribution in [3.8, 4) is 0 Å². The van der Waals surface area contributed by atoms with Gasteiger partial charge in [-0.2, -0.15) is 5.10 Å². The fraction of sp³-hybridized carbons (Fsp3) is 0.824. The van der Waals surface area contributed by atoms with Crippen LogP contribution >= 0.6 is 15.9 Å². The number of aromatic nitrogens is 2. The number of nitrogens with zero attached hydrogens (tertiary/aromatic N) is 2. The SMILES string of the molecule is CCC(C)(C)C1CCC(O)(Cc2c(Br)c(C)nn2C)CC1. The molecule has 1 aliphatic carbocycles. The standard InChI is InChI=1S/C17H29BrN2O/c1-6-16(3,4)13-7-9-17(21,10-8-13)11-14-15(18)12(2)19-20(14)5/h13,21H,6-11H2,1-5H3. The Hall–Kier alpha value is -0.350. The van der Waals surface area contributed by atoms with Gasteiger partial charge < -0.3 is 5.11 Å². The molecule has 120 valence electrons. The molecule has 1 saturated carbocycles. The van der Waals surface area contributed by atoms with E-state index in [1.54, 1.807) is 0 Å². The Kier molecular flexibility index (Phi) is 4.89. The number of halogens is 1. The Morgan fingerprint density at radius 1 is 1.38 bits per heavy atom. The molecule has 1 aliphatic rings. The highest BCUT2D eigenvalue weighted by Gasteiger charge is 2.39. The van der Waals surface area contributed by atoms with Crippen molar-refractivity contribution in [2.75, 3.05) is 0 Å². The summed E-state index contributed by atoms with van der Waals surface area (Å²) in [5, 5.41) is 15.4. The first kappa shape index (κ1) is 17.0. The summed E-state index contributed by atoms with van der Waals surface area (Å²) in [6.07, 6.45) is 5.97. The van der Waals surface area contributed by atoms with Crippen LogP contribution in [0.25, 0.3) is 0 Å². The highest BCUT2D eigenvalue weighted by atomic mass is 79.9. The molecule has 0 aliphatic heterocycles. The summed E-state index contributed by atoms with van der Waals surface area (Å²) in [6, 6.07) is 0. The topological polar surface area (TPSA) is 38.1 Å². The van der Waals surface area contributed by atoms with Crippen LogP contribution in [0.4, 0.5) is 0 Å². The number of hydrogen-bond acceptors (Lipinski definition) is 2. The van der Waals surface area contributed by atoms with Crippen LogP contribution in [0.3, 0.4) is 0 Å². The van der Waals surface area contributed by atoms with Gasteiger partial charge in [-0.05, 0) is 59.9 Å². The van der Waals surface area contributed by atoms with Crippen molar-refractivity contribution in [3.63, 3.8) is 0 Å². The van der Waals surface area contributed by atoms with Gasteiger partial charge in [0, 0.05) is 13.5 Å². The van der Waals surface area contributed by atoms with Crippen LogP contribution in [0.1, 0.15) is 64.3 Å². The molecule has 1 aromatic heterocycles. The predicted molar refractivity (Wildman–Crippen MR) is 90.3 cm³/mol. The minimum Gasteiger partial charge on any atom is -0.389 e. The van der Waals surface area contributed by atoms with Gasteiger partial charge in [0.2, 0.25) is 0 Å². The second-order valence-corrected chi connectivity index (χ2v) is 8.28. The molecule has 0 amide bonds. The molecular formula is C17H29BrN2O. The molecule has 0 spiro atoms. The third kappa shape index (κ3) is 3.53. The van der Waals surface area contributed by atoms with E-state index in [2.05, 4.69) is 41.8 Å². The molecule has 3 nitrogen and oxygen atoms in total. The molecule has 0 aromatic carbocycles. The van der Waals surface area contributed by atoms with Crippen molar-refractivity contribution < 1.29 is 5.11 Å². The number of hydrogen-bond donors (Lipinski definition) is 1. The van der Waals surface area contributed by atoms with Crippen LogP contribution < -0.4 is 0 Å². The van der Waals surface area contributed by atoms with E-state index in [4.69, 9.17) is 0 Å². The molecule has 1 N–H and O–H groups in total. The van der Waals surface area contributed by atoms with Crippen molar-refractivity contribution in [1.82, 2.24) is 9.78 Å². The maximum absolute atomic E-state index is 11.0. The zero-order valence-electron chi connectivity index (χ0n) is 14.0. The molecule has 0 radical (unpaired) electrons.